The van der Waals surface area contributed by atoms with Gasteiger partial charge in [0.2, 0.25) is 0 Å². The van der Waals surface area contributed by atoms with Gasteiger partial charge in [0.15, 0.2) is 9.84 Å². The molecule has 0 spiro atoms. The average molecular weight is 313 g/mol. The van der Waals surface area contributed by atoms with Crippen LogP contribution in [0.2, 0.25) is 0 Å². The Morgan fingerprint density at radius 3 is 2.19 bits per heavy atom. The number of hydrogen-bond donors (Lipinski definition) is 2. The number of aliphatic hydroxyl groups excluding tert-OH is 1. The Hall–Kier alpha value is -0.910. The highest BCUT2D eigenvalue weighted by Crippen LogP contribution is 2.13. The molecule has 21 heavy (non-hydrogen) atoms. The molecular weight excluding hydrogens is 286 g/mol. The van der Waals surface area contributed by atoms with Gasteiger partial charge < -0.3 is 10.4 Å². The summed E-state index contributed by atoms with van der Waals surface area (Å²) in [5.41, 5.74) is 2.90. The van der Waals surface area contributed by atoms with Crippen LogP contribution in [0, 0.1) is 19.8 Å². The molecule has 4 nitrogen and oxygen atoms in total. The van der Waals surface area contributed by atoms with E-state index < -0.39 is 15.9 Å². The molecule has 0 aromatic heterocycles. The van der Waals surface area contributed by atoms with Gasteiger partial charge in [0.25, 0.3) is 0 Å². The number of benzene rings is 1. The molecule has 0 aliphatic rings. The van der Waals surface area contributed by atoms with Crippen molar-refractivity contribution in [3.05, 3.63) is 34.9 Å². The maximum absolute atomic E-state index is 12.1. The Kier molecular flexibility index (Phi) is 6.84. The number of sulfone groups is 1. The first-order valence-corrected chi connectivity index (χ1v) is 9.16. The van der Waals surface area contributed by atoms with Crippen molar-refractivity contribution in [1.82, 2.24) is 5.32 Å². The number of nitrogens with one attached hydrogen (secondary N) is 1. The summed E-state index contributed by atoms with van der Waals surface area (Å²) in [4.78, 5) is 0. The van der Waals surface area contributed by atoms with Crippen molar-refractivity contribution < 1.29 is 13.5 Å². The standard InChI is InChI=1S/C16H27NO3S/c1-12(2)8-17-9-16(18)11-21(19,20)10-15-6-13(3)5-14(4)7-15/h5-7,12,16-18H,8-11H2,1-4H3. The molecule has 1 unspecified atom stereocenters. The second-order valence-electron chi connectivity index (χ2n) is 6.26. The van der Waals surface area contributed by atoms with Crippen molar-refractivity contribution in [3.63, 3.8) is 0 Å². The van der Waals surface area contributed by atoms with Crippen LogP contribution in [-0.2, 0) is 15.6 Å². The zero-order chi connectivity index (χ0) is 16.0. The summed E-state index contributed by atoms with van der Waals surface area (Å²) < 4.78 is 24.3. The molecule has 0 radical (unpaired) electrons. The van der Waals surface area contributed by atoms with Crippen LogP contribution in [0.4, 0.5) is 0 Å². The molecule has 1 atom stereocenters. The van der Waals surface area contributed by atoms with Crippen LogP contribution in [-0.4, -0.2) is 38.5 Å². The Labute approximate surface area is 128 Å². The third-order valence-corrected chi connectivity index (χ3v) is 4.71. The van der Waals surface area contributed by atoms with Crippen molar-refractivity contribution in [3.8, 4) is 0 Å². The predicted octanol–water partition coefficient (Wildman–Crippen LogP) is 1.82. The van der Waals surface area contributed by atoms with E-state index in [2.05, 4.69) is 19.2 Å². The quantitative estimate of drug-likeness (QED) is 0.768. The third-order valence-electron chi connectivity index (χ3n) is 3.05. The van der Waals surface area contributed by atoms with Crippen molar-refractivity contribution >= 4 is 9.84 Å². The Balaban J connectivity index is 2.56. The van der Waals surface area contributed by atoms with Gasteiger partial charge in [0, 0.05) is 6.54 Å². The molecule has 0 aliphatic heterocycles. The predicted molar refractivity (Wildman–Crippen MR) is 87.1 cm³/mol. The van der Waals surface area contributed by atoms with Crippen molar-refractivity contribution in [2.45, 2.75) is 39.6 Å². The van der Waals surface area contributed by atoms with Gasteiger partial charge in [-0.2, -0.15) is 0 Å². The van der Waals surface area contributed by atoms with Crippen LogP contribution in [0.3, 0.4) is 0 Å². The lowest BCUT2D eigenvalue weighted by Crippen LogP contribution is -2.34. The van der Waals surface area contributed by atoms with Crippen LogP contribution in [0.25, 0.3) is 0 Å². The van der Waals surface area contributed by atoms with Crippen LogP contribution in [0.5, 0.6) is 0 Å². The van der Waals surface area contributed by atoms with E-state index in [4.69, 9.17) is 0 Å². The summed E-state index contributed by atoms with van der Waals surface area (Å²) in [6, 6.07) is 5.78. The Bertz CT molecular complexity index is 532. The van der Waals surface area contributed by atoms with Gasteiger partial charge in [-0.05, 0) is 31.9 Å². The van der Waals surface area contributed by atoms with Crippen molar-refractivity contribution in [2.75, 3.05) is 18.8 Å². The Morgan fingerprint density at radius 1 is 1.10 bits per heavy atom. The minimum Gasteiger partial charge on any atom is -0.391 e. The smallest absolute Gasteiger partial charge is 0.157 e. The van der Waals surface area contributed by atoms with Crippen LogP contribution < -0.4 is 5.32 Å². The average Bonchev–Trinajstić information content (AvgIpc) is 2.24. The highest BCUT2D eigenvalue weighted by atomic mass is 32.2. The lowest BCUT2D eigenvalue weighted by atomic mass is 10.1. The highest BCUT2D eigenvalue weighted by molar-refractivity contribution is 7.90. The molecule has 0 fully saturated rings. The van der Waals surface area contributed by atoms with Gasteiger partial charge in [-0.3, -0.25) is 0 Å². The van der Waals surface area contributed by atoms with E-state index >= 15 is 0 Å². The first kappa shape index (κ1) is 18.1. The fraction of sp³-hybridized carbons (Fsp3) is 0.625. The van der Waals surface area contributed by atoms with E-state index in [0.717, 1.165) is 23.2 Å². The van der Waals surface area contributed by atoms with Crippen molar-refractivity contribution in [2.24, 2.45) is 5.92 Å². The molecule has 2 N–H and O–H groups in total. The lowest BCUT2D eigenvalue weighted by molar-refractivity contribution is 0.192. The third kappa shape index (κ3) is 7.60. The topological polar surface area (TPSA) is 66.4 Å². The van der Waals surface area contributed by atoms with Gasteiger partial charge in [-0.15, -0.1) is 0 Å². The molecule has 0 saturated carbocycles. The minimum absolute atomic E-state index is 0.0171. The first-order valence-electron chi connectivity index (χ1n) is 7.34. The highest BCUT2D eigenvalue weighted by Gasteiger charge is 2.18. The second kappa shape index (κ2) is 7.92. The summed E-state index contributed by atoms with van der Waals surface area (Å²) in [6.45, 7) is 9.12. The largest absolute Gasteiger partial charge is 0.391 e. The van der Waals surface area contributed by atoms with E-state index in [1.807, 2.05) is 32.0 Å². The second-order valence-corrected chi connectivity index (χ2v) is 8.37. The summed E-state index contributed by atoms with van der Waals surface area (Å²) >= 11 is 0. The number of rotatable bonds is 8. The van der Waals surface area contributed by atoms with E-state index in [-0.39, 0.29) is 11.5 Å². The fourth-order valence-electron chi connectivity index (χ4n) is 2.36. The molecule has 0 aliphatic carbocycles. The molecule has 0 bridgehead atoms. The number of aryl methyl sites for hydroxylation is 2. The van der Waals surface area contributed by atoms with E-state index in [9.17, 15) is 13.5 Å². The van der Waals surface area contributed by atoms with Gasteiger partial charge in [0.05, 0.1) is 17.6 Å². The van der Waals surface area contributed by atoms with Gasteiger partial charge in [-0.25, -0.2) is 8.42 Å². The molecule has 0 heterocycles. The zero-order valence-electron chi connectivity index (χ0n) is 13.4. The molecule has 5 heteroatoms. The molecular formula is C16H27NO3S. The number of aliphatic hydroxyl groups is 1. The lowest BCUT2D eigenvalue weighted by Gasteiger charge is -2.14. The molecule has 0 saturated heterocycles. The monoisotopic (exact) mass is 313 g/mol. The van der Waals surface area contributed by atoms with Gasteiger partial charge in [0.1, 0.15) is 0 Å². The maximum Gasteiger partial charge on any atom is 0.157 e. The molecule has 120 valence electrons. The van der Waals surface area contributed by atoms with E-state index in [1.165, 1.54) is 0 Å². The summed E-state index contributed by atoms with van der Waals surface area (Å²) in [5, 5.41) is 12.9. The van der Waals surface area contributed by atoms with Crippen LogP contribution in [0.1, 0.15) is 30.5 Å². The molecule has 0 amide bonds. The first-order chi connectivity index (χ1) is 9.68. The van der Waals surface area contributed by atoms with E-state index in [1.54, 1.807) is 0 Å². The van der Waals surface area contributed by atoms with Crippen LogP contribution >= 0.6 is 0 Å². The zero-order valence-corrected chi connectivity index (χ0v) is 14.2. The molecule has 1 aromatic rings. The van der Waals surface area contributed by atoms with Gasteiger partial charge >= 0.3 is 0 Å². The number of hydrogen-bond acceptors (Lipinski definition) is 4. The fourth-order valence-corrected chi connectivity index (χ4v) is 3.85. The molecule has 1 rings (SSSR count). The summed E-state index contributed by atoms with van der Waals surface area (Å²) in [6.07, 6.45) is -0.861. The Morgan fingerprint density at radius 2 is 1.67 bits per heavy atom. The normalized spacial score (nSPS) is 13.6. The minimum atomic E-state index is -3.31. The van der Waals surface area contributed by atoms with E-state index in [0.29, 0.717) is 12.5 Å². The van der Waals surface area contributed by atoms with Crippen LogP contribution in [0.15, 0.2) is 18.2 Å². The van der Waals surface area contributed by atoms with Gasteiger partial charge in [-0.1, -0.05) is 43.2 Å². The SMILES string of the molecule is Cc1cc(C)cc(CS(=O)(=O)CC(O)CNCC(C)C)c1. The van der Waals surface area contributed by atoms with Crippen molar-refractivity contribution in [1.29, 1.82) is 0 Å². The molecule has 1 aromatic carbocycles. The summed E-state index contributed by atoms with van der Waals surface area (Å²) in [5.74, 6) is 0.256. The summed E-state index contributed by atoms with van der Waals surface area (Å²) in [7, 11) is -3.31. The maximum atomic E-state index is 12.1.